The zero-order valence-corrected chi connectivity index (χ0v) is 17.8. The molecule has 1 saturated heterocycles. The summed E-state index contributed by atoms with van der Waals surface area (Å²) in [6.45, 7) is 5.74. The standard InChI is InChI=1S/C25H24F3NO3/c1-16(24(30)31-2)14-29-11-9-17(10-12-29)23-20-8-7-19(25(26,27)28)13-18(20)15-32-22-6-4-3-5-21(22)23/h3-8,13H,1,9-12,14-15H2,2H3. The topological polar surface area (TPSA) is 38.8 Å². The minimum absolute atomic E-state index is 0.0815. The van der Waals surface area contributed by atoms with Gasteiger partial charge in [-0.2, -0.15) is 13.2 Å². The lowest BCUT2D eigenvalue weighted by Gasteiger charge is -2.30. The van der Waals surface area contributed by atoms with Crippen LogP contribution >= 0.6 is 0 Å². The normalized spacial score (nSPS) is 16.5. The minimum atomic E-state index is -4.41. The first-order valence-electron chi connectivity index (χ1n) is 10.4. The van der Waals surface area contributed by atoms with Gasteiger partial charge in [0.05, 0.1) is 12.7 Å². The van der Waals surface area contributed by atoms with E-state index in [2.05, 4.69) is 11.5 Å². The molecule has 0 aliphatic carbocycles. The van der Waals surface area contributed by atoms with Gasteiger partial charge in [-0.3, -0.25) is 4.90 Å². The van der Waals surface area contributed by atoms with E-state index in [1.165, 1.54) is 18.7 Å². The van der Waals surface area contributed by atoms with Gasteiger partial charge in [0.2, 0.25) is 0 Å². The number of esters is 1. The molecule has 0 saturated carbocycles. The van der Waals surface area contributed by atoms with E-state index in [0.29, 0.717) is 36.5 Å². The van der Waals surface area contributed by atoms with E-state index in [1.54, 1.807) is 6.07 Å². The summed E-state index contributed by atoms with van der Waals surface area (Å²) in [4.78, 5) is 13.8. The molecular weight excluding hydrogens is 419 g/mol. The van der Waals surface area contributed by atoms with Crippen LogP contribution in [0, 0.1) is 0 Å². The van der Waals surface area contributed by atoms with Gasteiger partial charge < -0.3 is 9.47 Å². The summed E-state index contributed by atoms with van der Waals surface area (Å²) in [5.74, 6) is 0.250. The molecule has 0 N–H and O–H groups in total. The summed E-state index contributed by atoms with van der Waals surface area (Å²) in [5, 5.41) is 0. The van der Waals surface area contributed by atoms with Crippen LogP contribution in [0.1, 0.15) is 35.1 Å². The first-order chi connectivity index (χ1) is 15.3. The highest BCUT2D eigenvalue weighted by Gasteiger charge is 2.32. The minimum Gasteiger partial charge on any atom is -0.488 e. The van der Waals surface area contributed by atoms with E-state index >= 15 is 0 Å². The molecule has 0 bridgehead atoms. The number of para-hydroxylation sites is 1. The average molecular weight is 443 g/mol. The lowest BCUT2D eigenvalue weighted by molar-refractivity contribution is -0.138. The lowest BCUT2D eigenvalue weighted by atomic mass is 9.86. The quantitative estimate of drug-likeness (QED) is 0.481. The van der Waals surface area contributed by atoms with Crippen molar-refractivity contribution in [3.05, 3.63) is 82.4 Å². The Labute approximate surface area is 184 Å². The zero-order valence-electron chi connectivity index (χ0n) is 17.8. The second-order valence-corrected chi connectivity index (χ2v) is 8.00. The number of halogens is 3. The van der Waals surface area contributed by atoms with Crippen LogP contribution in [0.4, 0.5) is 13.2 Å². The van der Waals surface area contributed by atoms with Crippen LogP contribution in [0.2, 0.25) is 0 Å². The molecule has 2 aromatic carbocycles. The third-order valence-electron chi connectivity index (χ3n) is 5.94. The number of ether oxygens (including phenoxy) is 2. The van der Waals surface area contributed by atoms with Crippen LogP contribution in [0.3, 0.4) is 0 Å². The fraction of sp³-hybridized carbons (Fsp3) is 0.320. The molecule has 0 unspecified atom stereocenters. The molecule has 1 fully saturated rings. The highest BCUT2D eigenvalue weighted by molar-refractivity contribution is 5.88. The lowest BCUT2D eigenvalue weighted by Crippen LogP contribution is -2.34. The van der Waals surface area contributed by atoms with Gasteiger partial charge in [-0.25, -0.2) is 4.79 Å². The van der Waals surface area contributed by atoms with Crippen LogP contribution in [-0.2, 0) is 22.3 Å². The molecule has 0 spiro atoms. The second-order valence-electron chi connectivity index (χ2n) is 8.00. The monoisotopic (exact) mass is 443 g/mol. The van der Waals surface area contributed by atoms with Gasteiger partial charge in [-0.05, 0) is 47.7 Å². The molecule has 2 aliphatic rings. The number of piperidine rings is 1. The highest BCUT2D eigenvalue weighted by atomic mass is 19.4. The molecule has 4 rings (SSSR count). The third-order valence-corrected chi connectivity index (χ3v) is 5.94. The van der Waals surface area contributed by atoms with Crippen LogP contribution in [-0.4, -0.2) is 37.6 Å². The smallest absolute Gasteiger partial charge is 0.416 e. The van der Waals surface area contributed by atoms with Crippen LogP contribution in [0.5, 0.6) is 5.75 Å². The Hall–Kier alpha value is -3.06. The summed E-state index contributed by atoms with van der Waals surface area (Å²) in [7, 11) is 1.33. The molecule has 2 aliphatic heterocycles. The zero-order chi connectivity index (χ0) is 22.9. The number of nitrogens with zero attached hydrogens (tertiary/aromatic N) is 1. The van der Waals surface area contributed by atoms with Gasteiger partial charge in [0.1, 0.15) is 12.4 Å². The Bertz CT molecular complexity index is 1080. The van der Waals surface area contributed by atoms with Gasteiger partial charge in [-0.1, -0.05) is 36.4 Å². The molecule has 2 heterocycles. The first-order valence-corrected chi connectivity index (χ1v) is 10.4. The molecule has 0 atom stereocenters. The molecule has 32 heavy (non-hydrogen) atoms. The first kappa shape index (κ1) is 22.1. The molecule has 4 nitrogen and oxygen atoms in total. The summed E-state index contributed by atoms with van der Waals surface area (Å²) < 4.78 is 50.5. The van der Waals surface area contributed by atoms with Gasteiger partial charge in [0.15, 0.2) is 0 Å². The Kier molecular flexibility index (Phi) is 6.11. The van der Waals surface area contributed by atoms with Crippen molar-refractivity contribution in [3.8, 4) is 5.75 Å². The number of carbonyl (C=O) groups excluding carboxylic acids is 1. The van der Waals surface area contributed by atoms with Gasteiger partial charge in [-0.15, -0.1) is 0 Å². The number of carbonyl (C=O) groups is 1. The molecule has 7 heteroatoms. The maximum atomic E-state index is 13.3. The van der Waals surface area contributed by atoms with Crippen molar-refractivity contribution >= 4 is 11.5 Å². The Balaban J connectivity index is 1.70. The van der Waals surface area contributed by atoms with Crippen molar-refractivity contribution in [3.63, 3.8) is 0 Å². The Morgan fingerprint density at radius 3 is 2.53 bits per heavy atom. The van der Waals surface area contributed by atoms with Gasteiger partial charge in [0, 0.05) is 30.8 Å². The van der Waals surface area contributed by atoms with Crippen LogP contribution in [0.15, 0.2) is 60.2 Å². The van der Waals surface area contributed by atoms with E-state index in [4.69, 9.17) is 9.47 Å². The van der Waals surface area contributed by atoms with Gasteiger partial charge >= 0.3 is 12.1 Å². The number of benzene rings is 2. The fourth-order valence-corrected chi connectivity index (χ4v) is 4.32. The molecule has 0 amide bonds. The summed E-state index contributed by atoms with van der Waals surface area (Å²) in [6.07, 6.45) is -2.94. The average Bonchev–Trinajstić information content (AvgIpc) is 2.95. The van der Waals surface area contributed by atoms with E-state index < -0.39 is 17.7 Å². The van der Waals surface area contributed by atoms with Crippen molar-refractivity contribution < 1.29 is 27.4 Å². The summed E-state index contributed by atoms with van der Waals surface area (Å²) in [6, 6.07) is 11.5. The molecule has 168 valence electrons. The van der Waals surface area contributed by atoms with Crippen molar-refractivity contribution in [2.75, 3.05) is 26.7 Å². The maximum absolute atomic E-state index is 13.3. The Morgan fingerprint density at radius 2 is 1.84 bits per heavy atom. The number of rotatable bonds is 3. The van der Waals surface area contributed by atoms with Crippen molar-refractivity contribution in [1.82, 2.24) is 4.90 Å². The second kappa shape index (κ2) is 8.82. The highest BCUT2D eigenvalue weighted by Crippen LogP contribution is 2.42. The maximum Gasteiger partial charge on any atom is 0.416 e. The van der Waals surface area contributed by atoms with Crippen molar-refractivity contribution in [2.45, 2.75) is 25.6 Å². The predicted molar refractivity (Wildman–Crippen MR) is 115 cm³/mol. The third kappa shape index (κ3) is 4.43. The predicted octanol–water partition coefficient (Wildman–Crippen LogP) is 5.22. The van der Waals surface area contributed by atoms with E-state index in [0.717, 1.165) is 35.6 Å². The van der Waals surface area contributed by atoms with E-state index in [9.17, 15) is 18.0 Å². The number of alkyl halides is 3. The van der Waals surface area contributed by atoms with Crippen molar-refractivity contribution in [1.29, 1.82) is 0 Å². The molecule has 0 aromatic heterocycles. The number of likely N-dealkylation sites (tertiary alicyclic amines) is 1. The van der Waals surface area contributed by atoms with Gasteiger partial charge in [0.25, 0.3) is 0 Å². The number of hydrogen-bond acceptors (Lipinski definition) is 4. The van der Waals surface area contributed by atoms with Crippen LogP contribution < -0.4 is 4.74 Å². The van der Waals surface area contributed by atoms with E-state index in [1.807, 2.05) is 24.3 Å². The summed E-state index contributed by atoms with van der Waals surface area (Å²) >= 11 is 0. The number of methoxy groups -OCH3 is 1. The molecule has 2 aromatic rings. The number of hydrogen-bond donors (Lipinski definition) is 0. The van der Waals surface area contributed by atoms with E-state index in [-0.39, 0.29) is 6.61 Å². The largest absolute Gasteiger partial charge is 0.488 e. The van der Waals surface area contributed by atoms with Crippen molar-refractivity contribution in [2.24, 2.45) is 0 Å². The fourth-order valence-electron chi connectivity index (χ4n) is 4.32. The molecule has 0 radical (unpaired) electrons. The molecular formula is C25H24F3NO3. The summed E-state index contributed by atoms with van der Waals surface area (Å²) in [5.41, 5.74) is 4.06. The Morgan fingerprint density at radius 1 is 1.12 bits per heavy atom. The SMILES string of the molecule is C=C(CN1CCC(=C2c3ccc(C(F)(F)F)cc3COc3ccccc32)CC1)C(=O)OC. The van der Waals surface area contributed by atoms with Crippen LogP contribution in [0.25, 0.3) is 5.57 Å². The number of fused-ring (bicyclic) bond motifs is 2.